The fourth-order valence-electron chi connectivity index (χ4n) is 1.32. The summed E-state index contributed by atoms with van der Waals surface area (Å²) in [4.78, 5) is 0. The van der Waals surface area contributed by atoms with Crippen LogP contribution in [0.1, 0.15) is 65.2 Å². The number of rotatable bonds is 8. The van der Waals surface area contributed by atoms with Crippen LogP contribution in [0.15, 0.2) is 11.8 Å². The number of aliphatic hydroxyl groups is 1. The normalized spacial score (nSPS) is 12.0. The van der Waals surface area contributed by atoms with Gasteiger partial charge in [-0.25, -0.2) is 0 Å². The third kappa shape index (κ3) is 9.45. The highest BCUT2D eigenvalue weighted by Crippen LogP contribution is 2.08. The van der Waals surface area contributed by atoms with E-state index < -0.39 is 0 Å². The predicted octanol–water partition coefficient (Wildman–Crippen LogP) is 4.59. The van der Waals surface area contributed by atoms with Gasteiger partial charge in [-0.2, -0.15) is 0 Å². The maximum Gasteiger partial charge on any atom is 0.0882 e. The van der Waals surface area contributed by atoms with E-state index >= 15 is 0 Å². The molecule has 0 atom stereocenters. The fourth-order valence-corrected chi connectivity index (χ4v) is 1.32. The first-order chi connectivity index (χ1) is 6.31. The molecule has 1 heteroatoms. The zero-order valence-electron chi connectivity index (χ0n) is 9.18. The summed E-state index contributed by atoms with van der Waals surface area (Å²) in [5.41, 5.74) is 0. The molecule has 78 valence electrons. The molecule has 1 nitrogen and oxygen atoms in total. The molecule has 0 aromatic heterocycles. The topological polar surface area (TPSA) is 20.2 Å². The fraction of sp³-hybridized carbons (Fsp3) is 0.833. The average molecular weight is 184 g/mol. The van der Waals surface area contributed by atoms with E-state index in [4.69, 9.17) is 0 Å². The first-order valence-electron chi connectivity index (χ1n) is 5.69. The van der Waals surface area contributed by atoms with Gasteiger partial charge in [0.15, 0.2) is 0 Å². The Morgan fingerprint density at radius 2 is 1.62 bits per heavy atom. The van der Waals surface area contributed by atoms with E-state index in [0.717, 1.165) is 19.3 Å². The lowest BCUT2D eigenvalue weighted by Gasteiger charge is -1.99. The van der Waals surface area contributed by atoms with Crippen LogP contribution in [-0.4, -0.2) is 5.11 Å². The van der Waals surface area contributed by atoms with E-state index in [0.29, 0.717) is 5.76 Å². The highest BCUT2D eigenvalue weighted by molar-refractivity contribution is 4.90. The van der Waals surface area contributed by atoms with Crippen LogP contribution in [0.25, 0.3) is 0 Å². The molecule has 0 aliphatic rings. The zero-order chi connectivity index (χ0) is 9.94. The second-order valence-electron chi connectivity index (χ2n) is 3.65. The third-order valence-corrected chi connectivity index (χ3v) is 2.22. The second-order valence-corrected chi connectivity index (χ2v) is 3.65. The lowest BCUT2D eigenvalue weighted by atomic mass is 10.1. The molecule has 0 fully saturated rings. The zero-order valence-corrected chi connectivity index (χ0v) is 9.18. The Morgan fingerprint density at radius 3 is 2.23 bits per heavy atom. The van der Waals surface area contributed by atoms with Gasteiger partial charge in [-0.15, -0.1) is 0 Å². The van der Waals surface area contributed by atoms with E-state index in [-0.39, 0.29) is 0 Å². The highest BCUT2D eigenvalue weighted by Gasteiger charge is 1.92. The summed E-state index contributed by atoms with van der Waals surface area (Å²) in [5.74, 6) is 0.601. The third-order valence-electron chi connectivity index (χ3n) is 2.22. The first kappa shape index (κ1) is 12.5. The number of hydrogen-bond acceptors (Lipinski definition) is 1. The van der Waals surface area contributed by atoms with Crippen molar-refractivity contribution >= 4 is 0 Å². The molecule has 0 spiro atoms. The molecule has 0 bridgehead atoms. The van der Waals surface area contributed by atoms with Crippen LogP contribution in [0.2, 0.25) is 0 Å². The Balaban J connectivity index is 3.29. The van der Waals surface area contributed by atoms with Crippen molar-refractivity contribution in [2.45, 2.75) is 65.2 Å². The Morgan fingerprint density at radius 1 is 1.00 bits per heavy atom. The molecular weight excluding hydrogens is 160 g/mol. The van der Waals surface area contributed by atoms with E-state index in [2.05, 4.69) is 13.8 Å². The summed E-state index contributed by atoms with van der Waals surface area (Å²) in [6, 6.07) is 0. The summed E-state index contributed by atoms with van der Waals surface area (Å²) in [7, 11) is 0. The van der Waals surface area contributed by atoms with E-state index in [9.17, 15) is 5.11 Å². The van der Waals surface area contributed by atoms with Crippen molar-refractivity contribution in [3.05, 3.63) is 11.8 Å². The summed E-state index contributed by atoms with van der Waals surface area (Å²) in [6.45, 7) is 4.38. The molecule has 0 aliphatic carbocycles. The minimum absolute atomic E-state index is 0.601. The molecular formula is C12H24O. The van der Waals surface area contributed by atoms with Crippen molar-refractivity contribution < 1.29 is 5.11 Å². The minimum Gasteiger partial charge on any atom is -0.513 e. The summed E-state index contributed by atoms with van der Waals surface area (Å²) < 4.78 is 0. The minimum atomic E-state index is 0.601. The van der Waals surface area contributed by atoms with Crippen molar-refractivity contribution in [1.82, 2.24) is 0 Å². The van der Waals surface area contributed by atoms with Gasteiger partial charge in [0.2, 0.25) is 0 Å². The lowest BCUT2D eigenvalue weighted by Crippen LogP contribution is -1.83. The van der Waals surface area contributed by atoms with Crippen molar-refractivity contribution in [3.8, 4) is 0 Å². The van der Waals surface area contributed by atoms with Gasteiger partial charge in [-0.1, -0.05) is 39.5 Å². The molecule has 0 heterocycles. The largest absolute Gasteiger partial charge is 0.513 e. The molecule has 0 unspecified atom stereocenters. The smallest absolute Gasteiger partial charge is 0.0882 e. The monoisotopic (exact) mass is 184 g/mol. The SMILES string of the molecule is CCCCC/C=C(/O)CCCCC. The van der Waals surface area contributed by atoms with Crippen molar-refractivity contribution in [2.75, 3.05) is 0 Å². The molecule has 13 heavy (non-hydrogen) atoms. The lowest BCUT2D eigenvalue weighted by molar-refractivity contribution is 0.378. The van der Waals surface area contributed by atoms with Gasteiger partial charge in [-0.3, -0.25) is 0 Å². The molecule has 0 saturated carbocycles. The molecule has 0 rings (SSSR count). The summed E-state index contributed by atoms with van der Waals surface area (Å²) in [6.07, 6.45) is 11.2. The predicted molar refractivity (Wildman–Crippen MR) is 59.0 cm³/mol. The van der Waals surface area contributed by atoms with Crippen LogP contribution in [0.5, 0.6) is 0 Å². The van der Waals surface area contributed by atoms with Gasteiger partial charge in [0.05, 0.1) is 5.76 Å². The molecule has 0 saturated heterocycles. The molecule has 0 aliphatic heterocycles. The number of hydrogen-bond donors (Lipinski definition) is 1. The quantitative estimate of drug-likeness (QED) is 0.432. The Kier molecular flexibility index (Phi) is 9.29. The number of allylic oxidation sites excluding steroid dienone is 2. The molecule has 0 aromatic rings. The van der Waals surface area contributed by atoms with Gasteiger partial charge in [0.1, 0.15) is 0 Å². The summed E-state index contributed by atoms with van der Waals surface area (Å²) >= 11 is 0. The Bertz CT molecular complexity index is 127. The Hall–Kier alpha value is -0.460. The molecule has 0 radical (unpaired) electrons. The number of unbranched alkanes of at least 4 members (excludes halogenated alkanes) is 5. The highest BCUT2D eigenvalue weighted by atomic mass is 16.3. The van der Waals surface area contributed by atoms with Gasteiger partial charge < -0.3 is 5.11 Å². The van der Waals surface area contributed by atoms with Crippen LogP contribution in [0, 0.1) is 0 Å². The van der Waals surface area contributed by atoms with Gasteiger partial charge in [0.25, 0.3) is 0 Å². The second kappa shape index (κ2) is 9.63. The van der Waals surface area contributed by atoms with Gasteiger partial charge >= 0.3 is 0 Å². The molecule has 0 aromatic carbocycles. The number of aliphatic hydroxyl groups excluding tert-OH is 1. The van der Waals surface area contributed by atoms with Crippen LogP contribution in [0.4, 0.5) is 0 Å². The standard InChI is InChI=1S/C12H24O/c1-3-5-7-9-11-12(13)10-8-6-4-2/h11,13H,3-10H2,1-2H3/b12-11+. The van der Waals surface area contributed by atoms with Gasteiger partial charge in [-0.05, 0) is 25.3 Å². The van der Waals surface area contributed by atoms with Crippen LogP contribution >= 0.6 is 0 Å². The van der Waals surface area contributed by atoms with Crippen molar-refractivity contribution in [2.24, 2.45) is 0 Å². The van der Waals surface area contributed by atoms with E-state index in [1.807, 2.05) is 6.08 Å². The van der Waals surface area contributed by atoms with E-state index in [1.165, 1.54) is 32.1 Å². The maximum atomic E-state index is 9.44. The van der Waals surface area contributed by atoms with Crippen LogP contribution < -0.4 is 0 Å². The van der Waals surface area contributed by atoms with Crippen LogP contribution in [0.3, 0.4) is 0 Å². The van der Waals surface area contributed by atoms with Crippen LogP contribution in [-0.2, 0) is 0 Å². The first-order valence-corrected chi connectivity index (χ1v) is 5.69. The molecule has 0 amide bonds. The van der Waals surface area contributed by atoms with E-state index in [1.54, 1.807) is 0 Å². The van der Waals surface area contributed by atoms with Crippen molar-refractivity contribution in [3.63, 3.8) is 0 Å². The van der Waals surface area contributed by atoms with Gasteiger partial charge in [0, 0.05) is 6.42 Å². The Labute approximate surface area is 82.9 Å². The molecule has 1 N–H and O–H groups in total. The average Bonchev–Trinajstić information content (AvgIpc) is 2.13. The van der Waals surface area contributed by atoms with Crippen molar-refractivity contribution in [1.29, 1.82) is 0 Å². The maximum absolute atomic E-state index is 9.44. The summed E-state index contributed by atoms with van der Waals surface area (Å²) in [5, 5.41) is 9.44.